The highest BCUT2D eigenvalue weighted by molar-refractivity contribution is 7.19. The number of carbonyl (C=O) groups is 2. The number of hydrogen-bond donors (Lipinski definition) is 2. The topological polar surface area (TPSA) is 86.9 Å². The Morgan fingerprint density at radius 1 is 1.40 bits per heavy atom. The van der Waals surface area contributed by atoms with E-state index in [1.807, 2.05) is 24.3 Å². The van der Waals surface area contributed by atoms with E-state index in [0.717, 1.165) is 20.5 Å². The fraction of sp³-hybridized carbons (Fsp3) is 0.231. The zero-order chi connectivity index (χ0) is 14.0. The van der Waals surface area contributed by atoms with Crippen LogP contribution in [0.15, 0.2) is 24.3 Å². The molecule has 2 aliphatic rings. The minimum Gasteiger partial charge on any atom is -0.368 e. The van der Waals surface area contributed by atoms with E-state index in [4.69, 9.17) is 5.73 Å². The number of primary amides is 1. The summed E-state index contributed by atoms with van der Waals surface area (Å²) in [6.07, 6.45) is 0. The normalized spacial score (nSPS) is 24.4. The van der Waals surface area contributed by atoms with Gasteiger partial charge in [-0.05, 0) is 11.5 Å². The van der Waals surface area contributed by atoms with E-state index in [2.05, 4.69) is 0 Å². The van der Waals surface area contributed by atoms with Crippen molar-refractivity contribution >= 4 is 33.4 Å². The van der Waals surface area contributed by atoms with Gasteiger partial charge in [-0.15, -0.1) is 11.3 Å². The monoisotopic (exact) mass is 289 g/mol. The maximum absolute atomic E-state index is 12.0. The highest BCUT2D eigenvalue weighted by atomic mass is 32.1. The number of hydrogen-bond acceptors (Lipinski definition) is 4. The molecular formula is C13H11N3O3S. The number of urea groups is 1. The lowest BCUT2D eigenvalue weighted by Gasteiger charge is -2.28. The summed E-state index contributed by atoms with van der Waals surface area (Å²) in [4.78, 5) is 26.0. The lowest BCUT2D eigenvalue weighted by atomic mass is 9.95. The summed E-state index contributed by atoms with van der Waals surface area (Å²) >= 11 is 1.50. The second kappa shape index (κ2) is 3.71. The summed E-state index contributed by atoms with van der Waals surface area (Å²) in [5, 5.41) is 11.6. The molecule has 20 heavy (non-hydrogen) atoms. The van der Waals surface area contributed by atoms with Crippen molar-refractivity contribution < 1.29 is 14.8 Å². The summed E-state index contributed by atoms with van der Waals surface area (Å²) in [6.45, 7) is 0.294. The molecule has 3 heterocycles. The van der Waals surface area contributed by atoms with Gasteiger partial charge in [0, 0.05) is 15.1 Å². The number of carbonyl (C=O) groups excluding carboxylic acids is 2. The SMILES string of the molecule is NC(=O)C1c2c(sc3ccccc23)[C@@H]2CN1C(=O)N2O. The molecule has 2 aliphatic heterocycles. The van der Waals surface area contributed by atoms with Crippen LogP contribution in [0.5, 0.6) is 0 Å². The number of amides is 3. The zero-order valence-electron chi connectivity index (χ0n) is 10.3. The van der Waals surface area contributed by atoms with Gasteiger partial charge in [0.2, 0.25) is 5.91 Å². The summed E-state index contributed by atoms with van der Waals surface area (Å²) in [7, 11) is 0. The largest absolute Gasteiger partial charge is 0.368 e. The van der Waals surface area contributed by atoms with Gasteiger partial charge in [-0.2, -0.15) is 5.06 Å². The molecule has 3 N–H and O–H groups in total. The van der Waals surface area contributed by atoms with E-state index >= 15 is 0 Å². The maximum atomic E-state index is 12.0. The van der Waals surface area contributed by atoms with Crippen LogP contribution in [0.3, 0.4) is 0 Å². The first-order valence-corrected chi connectivity index (χ1v) is 7.00. The molecule has 1 saturated heterocycles. The molecule has 1 fully saturated rings. The molecule has 6 nitrogen and oxygen atoms in total. The van der Waals surface area contributed by atoms with Crippen molar-refractivity contribution in [2.24, 2.45) is 5.73 Å². The molecule has 1 aromatic carbocycles. The average Bonchev–Trinajstić information content (AvgIpc) is 2.93. The molecule has 0 spiro atoms. The van der Waals surface area contributed by atoms with Crippen LogP contribution in [-0.4, -0.2) is 33.7 Å². The third-order valence-electron chi connectivity index (χ3n) is 3.93. The molecule has 2 atom stereocenters. The Kier molecular flexibility index (Phi) is 2.17. The van der Waals surface area contributed by atoms with Crippen LogP contribution in [0, 0.1) is 0 Å². The van der Waals surface area contributed by atoms with E-state index in [0.29, 0.717) is 11.6 Å². The third-order valence-corrected chi connectivity index (χ3v) is 5.21. The Labute approximate surface area is 117 Å². The number of thiophene rings is 1. The Bertz CT molecular complexity index is 756. The van der Waals surface area contributed by atoms with Crippen molar-refractivity contribution in [2.45, 2.75) is 12.1 Å². The van der Waals surface area contributed by atoms with Crippen molar-refractivity contribution in [1.29, 1.82) is 0 Å². The quantitative estimate of drug-likeness (QED) is 0.782. The zero-order valence-corrected chi connectivity index (χ0v) is 11.1. The Morgan fingerprint density at radius 3 is 2.90 bits per heavy atom. The van der Waals surface area contributed by atoms with Crippen LogP contribution in [-0.2, 0) is 4.79 Å². The molecule has 1 unspecified atom stereocenters. The Morgan fingerprint density at radius 2 is 2.15 bits per heavy atom. The molecule has 4 rings (SSSR count). The number of rotatable bonds is 1. The average molecular weight is 289 g/mol. The van der Waals surface area contributed by atoms with Gasteiger partial charge >= 0.3 is 6.03 Å². The van der Waals surface area contributed by atoms with Crippen LogP contribution >= 0.6 is 11.3 Å². The number of nitrogens with zero attached hydrogens (tertiary/aromatic N) is 2. The fourth-order valence-corrected chi connectivity index (χ4v) is 4.40. The summed E-state index contributed by atoms with van der Waals surface area (Å²) in [5.74, 6) is -0.572. The van der Waals surface area contributed by atoms with Crippen LogP contribution in [0.4, 0.5) is 4.79 Å². The highest BCUT2D eigenvalue weighted by Gasteiger charge is 2.51. The number of benzene rings is 1. The standard InChI is InChI=1S/C13H11N3O3S/c14-12(17)10-9-6-3-1-2-4-8(6)20-11(9)7-5-15(10)13(18)16(7)19/h1-4,7,10,19H,5H2,(H2,14,17)/t7-,10?/m0/s1. The lowest BCUT2D eigenvalue weighted by molar-refractivity contribution is -0.122. The highest BCUT2D eigenvalue weighted by Crippen LogP contribution is 2.49. The van der Waals surface area contributed by atoms with Gasteiger partial charge < -0.3 is 10.6 Å². The minimum absolute atomic E-state index is 0.294. The lowest BCUT2D eigenvalue weighted by Crippen LogP contribution is -2.40. The van der Waals surface area contributed by atoms with Crippen LogP contribution in [0.1, 0.15) is 22.5 Å². The molecular weight excluding hydrogens is 278 g/mol. The summed E-state index contributed by atoms with van der Waals surface area (Å²) in [6, 6.07) is 5.90. The summed E-state index contributed by atoms with van der Waals surface area (Å²) in [5.41, 5.74) is 6.26. The van der Waals surface area contributed by atoms with Gasteiger partial charge in [-0.3, -0.25) is 10.0 Å². The Balaban J connectivity index is 2.05. The van der Waals surface area contributed by atoms with E-state index in [1.54, 1.807) is 0 Å². The molecule has 2 aromatic rings. The van der Waals surface area contributed by atoms with E-state index in [-0.39, 0.29) is 0 Å². The predicted octanol–water partition coefficient (Wildman–Crippen LogP) is 1.61. The molecule has 102 valence electrons. The van der Waals surface area contributed by atoms with Crippen molar-refractivity contribution in [1.82, 2.24) is 9.96 Å². The molecule has 0 aliphatic carbocycles. The van der Waals surface area contributed by atoms with Crippen molar-refractivity contribution in [3.63, 3.8) is 0 Å². The first-order valence-electron chi connectivity index (χ1n) is 6.19. The van der Waals surface area contributed by atoms with Crippen molar-refractivity contribution in [3.05, 3.63) is 34.7 Å². The van der Waals surface area contributed by atoms with E-state index < -0.39 is 24.0 Å². The number of nitrogens with two attached hydrogens (primary N) is 1. The first kappa shape index (κ1) is 11.7. The van der Waals surface area contributed by atoms with Crippen LogP contribution in [0.2, 0.25) is 0 Å². The molecule has 0 radical (unpaired) electrons. The van der Waals surface area contributed by atoms with E-state index in [9.17, 15) is 14.8 Å². The molecule has 2 bridgehead atoms. The number of hydroxylamine groups is 2. The van der Waals surface area contributed by atoms with Gasteiger partial charge in [0.25, 0.3) is 0 Å². The summed E-state index contributed by atoms with van der Waals surface area (Å²) < 4.78 is 1.03. The van der Waals surface area contributed by atoms with Gasteiger partial charge in [-0.25, -0.2) is 4.79 Å². The second-order valence-electron chi connectivity index (χ2n) is 4.98. The fourth-order valence-electron chi connectivity index (χ4n) is 3.08. The minimum atomic E-state index is -0.804. The van der Waals surface area contributed by atoms with Crippen molar-refractivity contribution in [2.75, 3.05) is 6.54 Å². The van der Waals surface area contributed by atoms with Gasteiger partial charge in [0.05, 0.1) is 6.54 Å². The number of fused-ring (bicyclic) bond motifs is 6. The smallest absolute Gasteiger partial charge is 0.345 e. The van der Waals surface area contributed by atoms with Crippen LogP contribution in [0.25, 0.3) is 10.1 Å². The van der Waals surface area contributed by atoms with Crippen LogP contribution < -0.4 is 5.73 Å². The van der Waals surface area contributed by atoms with Gasteiger partial charge in [-0.1, -0.05) is 18.2 Å². The maximum Gasteiger partial charge on any atom is 0.345 e. The molecule has 1 aromatic heterocycles. The molecule has 7 heteroatoms. The first-order chi connectivity index (χ1) is 9.59. The third kappa shape index (κ3) is 1.26. The second-order valence-corrected chi connectivity index (χ2v) is 6.06. The van der Waals surface area contributed by atoms with Gasteiger partial charge in [0.1, 0.15) is 12.1 Å². The van der Waals surface area contributed by atoms with E-state index in [1.165, 1.54) is 16.2 Å². The Hall–Kier alpha value is -2.12. The van der Waals surface area contributed by atoms with Gasteiger partial charge in [0.15, 0.2) is 0 Å². The molecule has 0 saturated carbocycles. The predicted molar refractivity (Wildman–Crippen MR) is 72.2 cm³/mol. The molecule has 3 amide bonds. The van der Waals surface area contributed by atoms with Crippen molar-refractivity contribution in [3.8, 4) is 0 Å².